The van der Waals surface area contributed by atoms with Crippen LogP contribution in [0.5, 0.6) is 0 Å². The first-order chi connectivity index (χ1) is 18.3. The Morgan fingerprint density at radius 2 is 1.95 bits per heavy atom. The number of nitrogens with zero attached hydrogens (tertiary/aromatic N) is 6. The van der Waals surface area contributed by atoms with E-state index in [1.165, 1.54) is 30.6 Å². The van der Waals surface area contributed by atoms with Crippen molar-refractivity contribution in [2.45, 2.75) is 6.54 Å². The van der Waals surface area contributed by atoms with Gasteiger partial charge >= 0.3 is 11.4 Å². The van der Waals surface area contributed by atoms with E-state index in [-0.39, 0.29) is 45.5 Å². The molecule has 0 saturated heterocycles. The summed E-state index contributed by atoms with van der Waals surface area (Å²) in [7, 11) is 1.64. The molecular weight excluding hydrogens is 538 g/mol. The van der Waals surface area contributed by atoms with Crippen molar-refractivity contribution in [3.63, 3.8) is 0 Å². The molecule has 0 unspecified atom stereocenters. The van der Waals surface area contributed by atoms with Gasteiger partial charge in [0.2, 0.25) is 5.95 Å². The number of nitrogens with one attached hydrogen (secondary N) is 2. The lowest BCUT2D eigenvalue weighted by atomic mass is 10.1. The van der Waals surface area contributed by atoms with Gasteiger partial charge in [-0.05, 0) is 29.8 Å². The maximum Gasteiger partial charge on any atom is 0.359 e. The molecule has 3 aromatic heterocycles. The van der Waals surface area contributed by atoms with Gasteiger partial charge in [0.25, 0.3) is 6.01 Å². The van der Waals surface area contributed by atoms with Crippen molar-refractivity contribution >= 4 is 52.0 Å². The smallest absolute Gasteiger partial charge is 0.359 e. The van der Waals surface area contributed by atoms with Gasteiger partial charge in [-0.1, -0.05) is 29.3 Å². The number of fused-ring (bicyclic) bond motifs is 1. The quantitative estimate of drug-likeness (QED) is 0.318. The van der Waals surface area contributed by atoms with E-state index in [4.69, 9.17) is 27.6 Å². The summed E-state index contributed by atoms with van der Waals surface area (Å²) in [5.41, 5.74) is -0.281. The maximum atomic E-state index is 13.9. The number of hydrogen-bond acceptors (Lipinski definition) is 9. The molecule has 0 bridgehead atoms. The summed E-state index contributed by atoms with van der Waals surface area (Å²) in [5.74, 6) is -0.869. The average Bonchev–Trinajstić information content (AvgIpc) is 3.29. The van der Waals surface area contributed by atoms with Crippen LogP contribution in [0.1, 0.15) is 11.1 Å². The van der Waals surface area contributed by atoms with Gasteiger partial charge in [-0.2, -0.15) is 15.2 Å². The van der Waals surface area contributed by atoms with Gasteiger partial charge in [0.05, 0.1) is 39.7 Å². The molecule has 2 aromatic carbocycles. The number of nitriles is 1. The fourth-order valence-electron chi connectivity index (χ4n) is 3.69. The zero-order valence-corrected chi connectivity index (χ0v) is 20.9. The van der Waals surface area contributed by atoms with Crippen molar-refractivity contribution in [1.29, 1.82) is 5.26 Å². The third-order valence-corrected chi connectivity index (χ3v) is 5.97. The monoisotopic (exact) mass is 552 g/mol. The van der Waals surface area contributed by atoms with E-state index >= 15 is 0 Å². The molecule has 0 aliphatic carbocycles. The minimum absolute atomic E-state index is 0.0952. The number of hydrogen-bond donors (Lipinski definition) is 2. The predicted octanol–water partition coefficient (Wildman–Crippen LogP) is 4.08. The first-order valence-corrected chi connectivity index (χ1v) is 11.6. The lowest BCUT2D eigenvalue weighted by molar-refractivity contribution is 0.620. The fourth-order valence-corrected chi connectivity index (χ4v) is 4.06. The topological polar surface area (TPSA) is 144 Å². The van der Waals surface area contributed by atoms with Crippen LogP contribution in [-0.4, -0.2) is 31.1 Å². The largest absolute Gasteiger partial charge is 0.423 e. The van der Waals surface area contributed by atoms with Crippen molar-refractivity contribution in [3.8, 4) is 11.8 Å². The number of halogens is 3. The molecule has 0 spiro atoms. The van der Waals surface area contributed by atoms with Crippen molar-refractivity contribution in [3.05, 3.63) is 96.7 Å². The van der Waals surface area contributed by atoms with Crippen LogP contribution in [0.15, 0.2) is 62.8 Å². The van der Waals surface area contributed by atoms with Crippen molar-refractivity contribution in [2.24, 2.45) is 0 Å². The Kier molecular flexibility index (Phi) is 6.54. The highest BCUT2D eigenvalue weighted by molar-refractivity contribution is 6.34. The van der Waals surface area contributed by atoms with Gasteiger partial charge in [0.15, 0.2) is 5.58 Å². The van der Waals surface area contributed by atoms with Crippen LogP contribution in [0.3, 0.4) is 0 Å². The van der Waals surface area contributed by atoms with Crippen LogP contribution in [0.2, 0.25) is 10.0 Å². The van der Waals surface area contributed by atoms with E-state index in [2.05, 4.69) is 25.6 Å². The summed E-state index contributed by atoms with van der Waals surface area (Å²) in [6.45, 7) is -0.177. The number of aromatic nitrogens is 5. The van der Waals surface area contributed by atoms with Crippen molar-refractivity contribution in [2.75, 3.05) is 17.7 Å². The summed E-state index contributed by atoms with van der Waals surface area (Å²) in [4.78, 5) is 38.9. The number of benzene rings is 2. The number of rotatable bonds is 6. The third kappa shape index (κ3) is 4.68. The van der Waals surface area contributed by atoms with E-state index in [1.54, 1.807) is 25.2 Å². The molecule has 0 atom stereocenters. The minimum atomic E-state index is -0.913. The highest BCUT2D eigenvalue weighted by Crippen LogP contribution is 2.31. The Morgan fingerprint density at radius 3 is 2.68 bits per heavy atom. The van der Waals surface area contributed by atoms with Gasteiger partial charge in [-0.15, -0.1) is 0 Å². The van der Waals surface area contributed by atoms with E-state index < -0.39 is 17.2 Å². The Balaban J connectivity index is 1.68. The first kappa shape index (κ1) is 24.9. The molecule has 14 heteroatoms. The molecule has 5 aromatic rings. The Bertz CT molecular complexity index is 1880. The Hall–Kier alpha value is -4.73. The molecule has 0 radical (unpaired) electrons. The second-order valence-electron chi connectivity index (χ2n) is 7.90. The summed E-state index contributed by atoms with van der Waals surface area (Å²) in [6, 6.07) is 10.3. The van der Waals surface area contributed by atoms with E-state index in [1.807, 2.05) is 0 Å². The SMILES string of the molecule is CNc1nc2cc(Cl)c(Nc3nc(=O)n(-c4cncc(Cl)c4)c(=O)n3Cc3ccc(F)c(C#N)c3)cc2o1. The Labute approximate surface area is 222 Å². The number of oxazole rings is 1. The van der Waals surface area contributed by atoms with E-state index in [0.29, 0.717) is 16.7 Å². The van der Waals surface area contributed by atoms with Crippen LogP contribution >= 0.6 is 23.2 Å². The molecule has 0 amide bonds. The number of anilines is 3. The highest BCUT2D eigenvalue weighted by atomic mass is 35.5. The zero-order valence-electron chi connectivity index (χ0n) is 19.4. The minimum Gasteiger partial charge on any atom is -0.423 e. The molecule has 2 N–H and O–H groups in total. The van der Waals surface area contributed by atoms with Gasteiger partial charge in [-0.25, -0.2) is 18.5 Å². The molecule has 11 nitrogen and oxygen atoms in total. The zero-order chi connectivity index (χ0) is 27.0. The lowest BCUT2D eigenvalue weighted by Crippen LogP contribution is -2.41. The van der Waals surface area contributed by atoms with Crippen LogP contribution in [-0.2, 0) is 6.54 Å². The second-order valence-corrected chi connectivity index (χ2v) is 8.75. The molecule has 0 fully saturated rings. The third-order valence-electron chi connectivity index (χ3n) is 5.45. The van der Waals surface area contributed by atoms with Crippen LogP contribution < -0.4 is 22.0 Å². The summed E-state index contributed by atoms with van der Waals surface area (Å²) in [5, 5.41) is 15.3. The van der Waals surface area contributed by atoms with Crippen LogP contribution in [0, 0.1) is 17.1 Å². The average molecular weight is 553 g/mol. The van der Waals surface area contributed by atoms with E-state index in [9.17, 15) is 19.2 Å². The first-order valence-electron chi connectivity index (χ1n) is 10.9. The molecule has 0 aliphatic heterocycles. The van der Waals surface area contributed by atoms with E-state index in [0.717, 1.165) is 15.2 Å². The summed E-state index contributed by atoms with van der Waals surface area (Å²) in [6.07, 6.45) is 2.63. The van der Waals surface area contributed by atoms with Gasteiger partial charge < -0.3 is 15.1 Å². The van der Waals surface area contributed by atoms with Crippen molar-refractivity contribution in [1.82, 2.24) is 24.1 Å². The molecular formula is C24H15Cl2FN8O3. The molecule has 38 heavy (non-hydrogen) atoms. The standard InChI is InChI=1S/C24H15Cl2FN8O3/c1-29-22-32-19-6-16(26)18(7-20(19)38-22)31-21-33-23(36)35(15-5-14(25)9-30-10-15)24(37)34(21)11-12-2-3-17(27)13(4-12)8-28/h2-7,9-10H,11H2,1H3,(H,29,32)(H,31,33,36). The predicted molar refractivity (Wildman–Crippen MR) is 139 cm³/mol. The maximum absolute atomic E-state index is 13.9. The van der Waals surface area contributed by atoms with Crippen molar-refractivity contribution < 1.29 is 8.81 Å². The molecule has 5 rings (SSSR count). The second kappa shape index (κ2) is 9.97. The molecule has 190 valence electrons. The molecule has 3 heterocycles. The lowest BCUT2D eigenvalue weighted by Gasteiger charge is -2.16. The highest BCUT2D eigenvalue weighted by Gasteiger charge is 2.18. The van der Waals surface area contributed by atoms with Gasteiger partial charge in [0.1, 0.15) is 17.4 Å². The summed E-state index contributed by atoms with van der Waals surface area (Å²) < 4.78 is 21.4. The molecule has 0 aliphatic rings. The van der Waals surface area contributed by atoms with Crippen LogP contribution in [0.4, 0.5) is 22.0 Å². The fraction of sp³-hybridized carbons (Fsp3) is 0.0833. The van der Waals surface area contributed by atoms with Gasteiger partial charge in [-0.3, -0.25) is 9.55 Å². The molecule has 0 saturated carbocycles. The number of pyridine rings is 1. The normalized spacial score (nSPS) is 10.9. The Morgan fingerprint density at radius 1 is 1.13 bits per heavy atom. The van der Waals surface area contributed by atoms with Gasteiger partial charge in [0, 0.05) is 19.3 Å². The van der Waals surface area contributed by atoms with Crippen LogP contribution in [0.25, 0.3) is 16.8 Å². The summed E-state index contributed by atoms with van der Waals surface area (Å²) >= 11 is 12.4.